The lowest BCUT2D eigenvalue weighted by Crippen LogP contribution is -2.12. The first-order chi connectivity index (χ1) is 10.0. The average molecular weight is 323 g/mol. The number of nitrogens with zero attached hydrogens (tertiary/aromatic N) is 2. The molecular weight excluding hydrogens is 308 g/mol. The highest BCUT2D eigenvalue weighted by atomic mass is 35.5. The fourth-order valence-electron chi connectivity index (χ4n) is 1.54. The van der Waals surface area contributed by atoms with Crippen LogP contribution in [-0.4, -0.2) is 21.6 Å². The van der Waals surface area contributed by atoms with E-state index in [1.165, 1.54) is 11.8 Å². The number of nitrogens with one attached hydrogen (secondary N) is 1. The summed E-state index contributed by atoms with van der Waals surface area (Å²) in [6.45, 7) is 1.93. The van der Waals surface area contributed by atoms with Crippen LogP contribution >= 0.6 is 23.4 Å². The zero-order valence-electron chi connectivity index (χ0n) is 11.5. The van der Waals surface area contributed by atoms with Gasteiger partial charge in [0.25, 0.3) is 0 Å². The van der Waals surface area contributed by atoms with Crippen LogP contribution in [0.2, 0.25) is 5.02 Å². The number of amides is 1. The summed E-state index contributed by atoms with van der Waals surface area (Å²) in [7, 11) is 0. The Morgan fingerprint density at radius 2 is 2.10 bits per heavy atom. The second-order valence-electron chi connectivity index (χ2n) is 4.43. The first kappa shape index (κ1) is 15.6. The van der Waals surface area contributed by atoms with E-state index in [-0.39, 0.29) is 5.91 Å². The van der Waals surface area contributed by atoms with E-state index in [0.29, 0.717) is 33.7 Å². The molecule has 1 aromatic carbocycles. The van der Waals surface area contributed by atoms with E-state index in [4.69, 9.17) is 17.3 Å². The molecule has 0 saturated heterocycles. The fraction of sp³-hybridized carbons (Fsp3) is 0.214. The van der Waals surface area contributed by atoms with Crippen molar-refractivity contribution in [1.29, 1.82) is 0 Å². The highest BCUT2D eigenvalue weighted by Crippen LogP contribution is 2.24. The zero-order valence-corrected chi connectivity index (χ0v) is 13.0. The monoisotopic (exact) mass is 322 g/mol. The Morgan fingerprint density at radius 3 is 2.76 bits per heavy atom. The van der Waals surface area contributed by atoms with Gasteiger partial charge in [-0.15, -0.1) is 0 Å². The van der Waals surface area contributed by atoms with Gasteiger partial charge in [-0.1, -0.05) is 23.4 Å². The molecule has 110 valence electrons. The molecule has 2 rings (SSSR count). The quantitative estimate of drug-likeness (QED) is 0.502. The molecule has 1 amide bonds. The largest absolute Gasteiger partial charge is 0.399 e. The smallest absolute Gasteiger partial charge is 0.225 e. The number of carbonyl (C=O) groups is 1. The first-order valence-electron chi connectivity index (χ1n) is 6.31. The van der Waals surface area contributed by atoms with Crippen LogP contribution < -0.4 is 11.1 Å². The molecule has 3 N–H and O–H groups in total. The molecule has 0 radical (unpaired) electrons. The maximum absolute atomic E-state index is 11.8. The van der Waals surface area contributed by atoms with Crippen molar-refractivity contribution in [1.82, 2.24) is 9.97 Å². The lowest BCUT2D eigenvalue weighted by Gasteiger charge is -2.07. The molecular formula is C14H15ClN4OS. The van der Waals surface area contributed by atoms with Crippen LogP contribution in [0.1, 0.15) is 12.0 Å². The second-order valence-corrected chi connectivity index (χ2v) is 5.90. The number of thioether (sulfide) groups is 1. The number of anilines is 2. The molecule has 1 aromatic heterocycles. The Hall–Kier alpha value is -1.79. The Kier molecular flexibility index (Phi) is 5.41. The minimum Gasteiger partial charge on any atom is -0.399 e. The Bertz CT molecular complexity index is 633. The summed E-state index contributed by atoms with van der Waals surface area (Å²) in [5.41, 5.74) is 7.73. The molecule has 0 bridgehead atoms. The lowest BCUT2D eigenvalue weighted by molar-refractivity contribution is -0.115. The van der Waals surface area contributed by atoms with Crippen LogP contribution in [0.25, 0.3) is 0 Å². The summed E-state index contributed by atoms with van der Waals surface area (Å²) in [5, 5.41) is 3.85. The summed E-state index contributed by atoms with van der Waals surface area (Å²) >= 11 is 7.44. The predicted molar refractivity (Wildman–Crippen MR) is 86.6 cm³/mol. The van der Waals surface area contributed by atoms with Crippen molar-refractivity contribution in [2.75, 3.05) is 16.8 Å². The number of nitrogens with two attached hydrogens (primary N) is 1. The Labute approximate surface area is 132 Å². The maximum Gasteiger partial charge on any atom is 0.225 e. The highest BCUT2D eigenvalue weighted by molar-refractivity contribution is 7.99. The van der Waals surface area contributed by atoms with Gasteiger partial charge in [0.2, 0.25) is 5.91 Å². The number of carbonyl (C=O) groups excluding carboxylic acids is 1. The van der Waals surface area contributed by atoms with Gasteiger partial charge >= 0.3 is 0 Å². The third kappa shape index (κ3) is 4.91. The number of aryl methyl sites for hydroxylation is 1. The van der Waals surface area contributed by atoms with Crippen molar-refractivity contribution in [2.24, 2.45) is 0 Å². The van der Waals surface area contributed by atoms with E-state index in [1.807, 2.05) is 6.92 Å². The molecule has 0 atom stereocenters. The normalized spacial score (nSPS) is 10.4. The molecule has 0 spiro atoms. The van der Waals surface area contributed by atoms with E-state index < -0.39 is 0 Å². The van der Waals surface area contributed by atoms with Gasteiger partial charge in [-0.2, -0.15) is 0 Å². The second kappa shape index (κ2) is 7.28. The van der Waals surface area contributed by atoms with Gasteiger partial charge in [0.15, 0.2) is 5.16 Å². The van der Waals surface area contributed by atoms with Crippen molar-refractivity contribution in [2.45, 2.75) is 18.5 Å². The van der Waals surface area contributed by atoms with Crippen LogP contribution in [0.15, 0.2) is 35.7 Å². The summed E-state index contributed by atoms with van der Waals surface area (Å²) in [6.07, 6.45) is 3.86. The summed E-state index contributed by atoms with van der Waals surface area (Å²) in [4.78, 5) is 20.2. The van der Waals surface area contributed by atoms with Crippen molar-refractivity contribution in [3.05, 3.63) is 41.2 Å². The molecule has 0 aliphatic carbocycles. The standard InChI is InChI=1S/C14H15ClN4OS/c1-9-7-17-14(18-8-9)21-5-4-13(20)19-12-3-2-10(16)6-11(12)15/h2-3,6-8H,4-5,16H2,1H3,(H,19,20). The van der Waals surface area contributed by atoms with Crippen LogP contribution in [-0.2, 0) is 4.79 Å². The first-order valence-corrected chi connectivity index (χ1v) is 7.67. The van der Waals surface area contributed by atoms with Gasteiger partial charge in [-0.05, 0) is 30.7 Å². The highest BCUT2D eigenvalue weighted by Gasteiger charge is 2.07. The molecule has 2 aromatic rings. The number of halogens is 1. The lowest BCUT2D eigenvalue weighted by atomic mass is 10.3. The number of rotatable bonds is 5. The average Bonchev–Trinajstić information content (AvgIpc) is 2.44. The number of benzene rings is 1. The molecule has 0 aliphatic heterocycles. The molecule has 1 heterocycles. The Balaban J connectivity index is 1.81. The van der Waals surface area contributed by atoms with Crippen molar-refractivity contribution >= 4 is 40.6 Å². The van der Waals surface area contributed by atoms with Crippen LogP contribution in [0.5, 0.6) is 0 Å². The van der Waals surface area contributed by atoms with Gasteiger partial charge in [-0.3, -0.25) is 4.79 Å². The number of hydrogen-bond acceptors (Lipinski definition) is 5. The molecule has 7 heteroatoms. The van der Waals surface area contributed by atoms with Gasteiger partial charge in [-0.25, -0.2) is 9.97 Å². The van der Waals surface area contributed by atoms with Gasteiger partial charge in [0.05, 0.1) is 10.7 Å². The third-order valence-corrected chi connectivity index (χ3v) is 3.77. The molecule has 21 heavy (non-hydrogen) atoms. The van der Waals surface area contributed by atoms with E-state index in [1.54, 1.807) is 30.6 Å². The van der Waals surface area contributed by atoms with Crippen LogP contribution in [0.4, 0.5) is 11.4 Å². The minimum absolute atomic E-state index is 0.110. The van der Waals surface area contributed by atoms with Crippen molar-refractivity contribution in [3.8, 4) is 0 Å². The van der Waals surface area contributed by atoms with E-state index in [9.17, 15) is 4.79 Å². The topological polar surface area (TPSA) is 80.9 Å². The molecule has 0 unspecified atom stereocenters. The van der Waals surface area contributed by atoms with Crippen molar-refractivity contribution in [3.63, 3.8) is 0 Å². The minimum atomic E-state index is -0.110. The number of aromatic nitrogens is 2. The van der Waals surface area contributed by atoms with E-state index in [0.717, 1.165) is 5.56 Å². The van der Waals surface area contributed by atoms with Gasteiger partial charge in [0.1, 0.15) is 0 Å². The number of hydrogen-bond donors (Lipinski definition) is 2. The summed E-state index contributed by atoms with van der Waals surface area (Å²) < 4.78 is 0. The Morgan fingerprint density at radius 1 is 1.38 bits per heavy atom. The van der Waals surface area contributed by atoms with Gasteiger partial charge < -0.3 is 11.1 Å². The van der Waals surface area contributed by atoms with E-state index in [2.05, 4.69) is 15.3 Å². The maximum atomic E-state index is 11.8. The molecule has 0 aliphatic rings. The SMILES string of the molecule is Cc1cnc(SCCC(=O)Nc2ccc(N)cc2Cl)nc1. The summed E-state index contributed by atoms with van der Waals surface area (Å²) in [6, 6.07) is 4.98. The van der Waals surface area contributed by atoms with Crippen LogP contribution in [0.3, 0.4) is 0 Å². The van der Waals surface area contributed by atoms with E-state index >= 15 is 0 Å². The zero-order chi connectivity index (χ0) is 15.2. The number of nitrogen functional groups attached to an aromatic ring is 1. The van der Waals surface area contributed by atoms with Gasteiger partial charge in [0, 0.05) is 30.3 Å². The predicted octanol–water partition coefficient (Wildman–Crippen LogP) is 3.14. The third-order valence-electron chi connectivity index (χ3n) is 2.58. The van der Waals surface area contributed by atoms with Crippen LogP contribution in [0, 0.1) is 6.92 Å². The molecule has 0 saturated carbocycles. The van der Waals surface area contributed by atoms with Crippen molar-refractivity contribution < 1.29 is 4.79 Å². The molecule has 0 fully saturated rings. The summed E-state index contributed by atoms with van der Waals surface area (Å²) in [5.74, 6) is 0.489. The fourth-order valence-corrected chi connectivity index (χ4v) is 2.50. The molecule has 5 nitrogen and oxygen atoms in total.